The van der Waals surface area contributed by atoms with Gasteiger partial charge in [-0.15, -0.1) is 0 Å². The van der Waals surface area contributed by atoms with Gasteiger partial charge in [-0.3, -0.25) is 14.9 Å². The SMILES string of the molecule is O=C(NCC1CCCC1)c1cc([N+](=O)[O-])ccc1F. The van der Waals surface area contributed by atoms with Gasteiger partial charge in [0.25, 0.3) is 11.6 Å². The van der Waals surface area contributed by atoms with Gasteiger partial charge < -0.3 is 5.32 Å². The van der Waals surface area contributed by atoms with E-state index in [0.717, 1.165) is 43.9 Å². The standard InChI is InChI=1S/C13H15FN2O3/c14-12-6-5-10(16(18)19)7-11(12)13(17)15-8-9-3-1-2-4-9/h5-7,9H,1-4,8H2,(H,15,17). The molecule has 102 valence electrons. The van der Waals surface area contributed by atoms with Crippen LogP contribution in [0.1, 0.15) is 36.0 Å². The molecular formula is C13H15FN2O3. The molecule has 2 rings (SSSR count). The maximum Gasteiger partial charge on any atom is 0.270 e. The quantitative estimate of drug-likeness (QED) is 0.672. The molecule has 0 unspecified atom stereocenters. The summed E-state index contributed by atoms with van der Waals surface area (Å²) in [5.41, 5.74) is -0.556. The molecule has 1 N–H and O–H groups in total. The predicted molar refractivity (Wildman–Crippen MR) is 67.3 cm³/mol. The molecule has 6 heteroatoms. The van der Waals surface area contributed by atoms with Crippen molar-refractivity contribution in [3.63, 3.8) is 0 Å². The molecule has 0 radical (unpaired) electrons. The average Bonchev–Trinajstić information content (AvgIpc) is 2.89. The van der Waals surface area contributed by atoms with Gasteiger partial charge in [-0.2, -0.15) is 0 Å². The summed E-state index contributed by atoms with van der Waals surface area (Å²) in [6, 6.07) is 2.96. The summed E-state index contributed by atoms with van der Waals surface area (Å²) in [6.07, 6.45) is 4.45. The van der Waals surface area contributed by atoms with Gasteiger partial charge in [0.15, 0.2) is 0 Å². The summed E-state index contributed by atoms with van der Waals surface area (Å²) in [5, 5.41) is 13.3. The Morgan fingerprint density at radius 2 is 2.11 bits per heavy atom. The molecule has 1 fully saturated rings. The minimum Gasteiger partial charge on any atom is -0.352 e. The second-order valence-corrected chi connectivity index (χ2v) is 4.78. The monoisotopic (exact) mass is 266 g/mol. The maximum absolute atomic E-state index is 13.5. The number of nitro benzene ring substituents is 1. The number of nitrogens with zero attached hydrogens (tertiary/aromatic N) is 1. The van der Waals surface area contributed by atoms with Crippen molar-refractivity contribution in [2.45, 2.75) is 25.7 Å². The van der Waals surface area contributed by atoms with E-state index in [1.807, 2.05) is 0 Å². The van der Waals surface area contributed by atoms with Crippen molar-refractivity contribution in [2.75, 3.05) is 6.54 Å². The molecule has 1 aromatic carbocycles. The van der Waals surface area contributed by atoms with Crippen LogP contribution in [0.15, 0.2) is 18.2 Å². The summed E-state index contributed by atoms with van der Waals surface area (Å²) < 4.78 is 13.5. The Hall–Kier alpha value is -1.98. The van der Waals surface area contributed by atoms with Crippen molar-refractivity contribution in [3.8, 4) is 0 Å². The van der Waals surface area contributed by atoms with Crippen LogP contribution in [0.3, 0.4) is 0 Å². The fourth-order valence-corrected chi connectivity index (χ4v) is 2.35. The normalized spacial score (nSPS) is 15.4. The molecule has 0 atom stereocenters. The van der Waals surface area contributed by atoms with Crippen LogP contribution in [-0.4, -0.2) is 17.4 Å². The number of non-ortho nitro benzene ring substituents is 1. The average molecular weight is 266 g/mol. The second-order valence-electron chi connectivity index (χ2n) is 4.78. The van der Waals surface area contributed by atoms with Crippen molar-refractivity contribution in [1.29, 1.82) is 0 Å². The van der Waals surface area contributed by atoms with Crippen LogP contribution >= 0.6 is 0 Å². The molecule has 0 bridgehead atoms. The highest BCUT2D eigenvalue weighted by Crippen LogP contribution is 2.24. The van der Waals surface area contributed by atoms with E-state index >= 15 is 0 Å². The molecule has 5 nitrogen and oxygen atoms in total. The molecule has 1 aliphatic carbocycles. The smallest absolute Gasteiger partial charge is 0.270 e. The van der Waals surface area contributed by atoms with Crippen molar-refractivity contribution >= 4 is 11.6 Å². The Morgan fingerprint density at radius 3 is 2.74 bits per heavy atom. The van der Waals surface area contributed by atoms with Gasteiger partial charge in [0, 0.05) is 18.7 Å². The highest BCUT2D eigenvalue weighted by molar-refractivity contribution is 5.95. The van der Waals surface area contributed by atoms with Crippen LogP contribution in [0.25, 0.3) is 0 Å². The van der Waals surface area contributed by atoms with E-state index in [1.165, 1.54) is 0 Å². The minimum atomic E-state index is -0.741. The summed E-state index contributed by atoms with van der Waals surface area (Å²) in [6.45, 7) is 0.501. The van der Waals surface area contributed by atoms with Crippen molar-refractivity contribution < 1.29 is 14.1 Å². The Balaban J connectivity index is 2.04. The van der Waals surface area contributed by atoms with Crippen molar-refractivity contribution in [3.05, 3.63) is 39.7 Å². The molecule has 19 heavy (non-hydrogen) atoms. The fraction of sp³-hybridized carbons (Fsp3) is 0.462. The number of hydrogen-bond donors (Lipinski definition) is 1. The molecule has 0 heterocycles. The van der Waals surface area contributed by atoms with Gasteiger partial charge in [-0.25, -0.2) is 4.39 Å². The van der Waals surface area contributed by atoms with Gasteiger partial charge in [0.05, 0.1) is 10.5 Å². The third-order valence-electron chi connectivity index (χ3n) is 3.43. The summed E-state index contributed by atoms with van der Waals surface area (Å²) >= 11 is 0. The minimum absolute atomic E-state index is 0.271. The van der Waals surface area contributed by atoms with Gasteiger partial charge in [-0.1, -0.05) is 12.8 Å². The van der Waals surface area contributed by atoms with Crippen LogP contribution in [0.5, 0.6) is 0 Å². The number of halogens is 1. The van der Waals surface area contributed by atoms with Crippen LogP contribution in [-0.2, 0) is 0 Å². The molecular weight excluding hydrogens is 251 g/mol. The van der Waals surface area contributed by atoms with Gasteiger partial charge in [-0.05, 0) is 24.8 Å². The molecule has 0 aliphatic heterocycles. The van der Waals surface area contributed by atoms with Crippen LogP contribution in [0, 0.1) is 21.8 Å². The zero-order chi connectivity index (χ0) is 13.8. The van der Waals surface area contributed by atoms with Gasteiger partial charge in [0.2, 0.25) is 0 Å². The first kappa shape index (κ1) is 13.5. The summed E-state index contributed by atoms with van der Waals surface area (Å²) in [4.78, 5) is 21.8. The van der Waals surface area contributed by atoms with E-state index in [1.54, 1.807) is 0 Å². The molecule has 0 saturated heterocycles. The third-order valence-corrected chi connectivity index (χ3v) is 3.43. The lowest BCUT2D eigenvalue weighted by molar-refractivity contribution is -0.384. The zero-order valence-electron chi connectivity index (χ0n) is 10.4. The Morgan fingerprint density at radius 1 is 1.42 bits per heavy atom. The first-order valence-corrected chi connectivity index (χ1v) is 6.30. The van der Waals surface area contributed by atoms with Crippen LogP contribution in [0.4, 0.5) is 10.1 Å². The predicted octanol–water partition coefficient (Wildman–Crippen LogP) is 2.65. The maximum atomic E-state index is 13.5. The lowest BCUT2D eigenvalue weighted by atomic mass is 10.1. The van der Waals surface area contributed by atoms with E-state index < -0.39 is 16.6 Å². The Labute approximate surface area is 110 Å². The van der Waals surface area contributed by atoms with E-state index in [2.05, 4.69) is 5.32 Å². The molecule has 0 spiro atoms. The first-order valence-electron chi connectivity index (χ1n) is 6.30. The zero-order valence-corrected chi connectivity index (χ0v) is 10.4. The second kappa shape index (κ2) is 5.77. The van der Waals surface area contributed by atoms with Crippen LogP contribution < -0.4 is 5.32 Å². The van der Waals surface area contributed by atoms with E-state index in [-0.39, 0.29) is 11.3 Å². The van der Waals surface area contributed by atoms with Gasteiger partial charge in [0.1, 0.15) is 5.82 Å². The Bertz CT molecular complexity index is 499. The highest BCUT2D eigenvalue weighted by Gasteiger charge is 2.19. The third kappa shape index (κ3) is 3.27. The lowest BCUT2D eigenvalue weighted by Gasteiger charge is -2.10. The molecule has 1 amide bonds. The molecule has 1 aromatic rings. The number of nitrogens with one attached hydrogen (secondary N) is 1. The number of carbonyl (C=O) groups is 1. The van der Waals surface area contributed by atoms with E-state index in [9.17, 15) is 19.3 Å². The topological polar surface area (TPSA) is 72.2 Å². The number of benzene rings is 1. The van der Waals surface area contributed by atoms with Crippen molar-refractivity contribution in [1.82, 2.24) is 5.32 Å². The molecule has 1 saturated carbocycles. The first-order chi connectivity index (χ1) is 9.08. The lowest BCUT2D eigenvalue weighted by Crippen LogP contribution is -2.29. The summed E-state index contributed by atoms with van der Waals surface area (Å²) in [5.74, 6) is -0.895. The van der Waals surface area contributed by atoms with E-state index in [4.69, 9.17) is 0 Å². The largest absolute Gasteiger partial charge is 0.352 e. The van der Waals surface area contributed by atoms with Gasteiger partial charge >= 0.3 is 0 Å². The number of hydrogen-bond acceptors (Lipinski definition) is 3. The molecule has 0 aromatic heterocycles. The highest BCUT2D eigenvalue weighted by atomic mass is 19.1. The number of nitro groups is 1. The van der Waals surface area contributed by atoms with Crippen molar-refractivity contribution in [2.24, 2.45) is 5.92 Å². The number of carbonyl (C=O) groups excluding carboxylic acids is 1. The molecule has 1 aliphatic rings. The van der Waals surface area contributed by atoms with E-state index in [0.29, 0.717) is 12.5 Å². The Kier molecular flexibility index (Phi) is 4.09. The summed E-state index contributed by atoms with van der Waals surface area (Å²) in [7, 11) is 0. The number of rotatable bonds is 4. The fourth-order valence-electron chi connectivity index (χ4n) is 2.35. The number of amides is 1. The van der Waals surface area contributed by atoms with Crippen LogP contribution in [0.2, 0.25) is 0 Å².